The van der Waals surface area contributed by atoms with Gasteiger partial charge in [0.25, 0.3) is 10.1 Å². The molecule has 0 saturated heterocycles. The second-order valence-corrected chi connectivity index (χ2v) is 5.84. The molecular weight excluding hydrogens is 334 g/mol. The normalized spacial score (nSPS) is 11.6. The summed E-state index contributed by atoms with van der Waals surface area (Å²) in [4.78, 5) is 22.8. The summed E-state index contributed by atoms with van der Waals surface area (Å²) < 4.78 is 40.5. The molecule has 0 heterocycles. The van der Waals surface area contributed by atoms with E-state index in [1.165, 1.54) is 0 Å². The second kappa shape index (κ2) is 15.4. The number of hydrogen-bond acceptors (Lipinski definition) is 6. The molecule has 1 atom stereocenters. The van der Waals surface area contributed by atoms with Crippen LogP contribution >= 0.6 is 0 Å². The Bertz CT molecular complexity index is 412. The average Bonchev–Trinajstić information content (AvgIpc) is 2.34. The third-order valence-corrected chi connectivity index (χ3v) is 3.60. The number of unbranched alkanes of at least 4 members (excludes halogenated alkanes) is 3. The second-order valence-electron chi connectivity index (χ2n) is 4.24. The minimum absolute atomic E-state index is 0. The SMILES string of the molecule is CCCCCCOC(=O)C(CC(=O)OCC)S(=O)(=O)O.[NaH].[NaH]. The van der Waals surface area contributed by atoms with Crippen molar-refractivity contribution in [2.45, 2.75) is 51.2 Å². The maximum atomic E-state index is 11.6. The molecular formula is C12H24Na2O7S. The average molecular weight is 358 g/mol. The Hall–Kier alpha value is 0.850. The number of esters is 2. The van der Waals surface area contributed by atoms with Crippen molar-refractivity contribution in [2.24, 2.45) is 0 Å². The molecule has 122 valence electrons. The van der Waals surface area contributed by atoms with Crippen molar-refractivity contribution in [2.75, 3.05) is 13.2 Å². The Morgan fingerprint density at radius 1 is 1.05 bits per heavy atom. The molecule has 0 radical (unpaired) electrons. The van der Waals surface area contributed by atoms with Crippen LogP contribution in [0, 0.1) is 0 Å². The van der Waals surface area contributed by atoms with Crippen molar-refractivity contribution in [3.8, 4) is 0 Å². The summed E-state index contributed by atoms with van der Waals surface area (Å²) in [5.41, 5.74) is 0. The van der Waals surface area contributed by atoms with Gasteiger partial charge in [-0.15, -0.1) is 0 Å². The van der Waals surface area contributed by atoms with Gasteiger partial charge >= 0.3 is 71.1 Å². The monoisotopic (exact) mass is 358 g/mol. The van der Waals surface area contributed by atoms with E-state index in [1.54, 1.807) is 6.92 Å². The van der Waals surface area contributed by atoms with Crippen molar-refractivity contribution in [3.05, 3.63) is 0 Å². The summed E-state index contributed by atoms with van der Waals surface area (Å²) in [5, 5.41) is -1.92. The van der Waals surface area contributed by atoms with Crippen LogP contribution < -0.4 is 0 Å². The first-order valence-electron chi connectivity index (χ1n) is 6.61. The number of rotatable bonds is 10. The van der Waals surface area contributed by atoms with E-state index >= 15 is 0 Å². The molecule has 0 bridgehead atoms. The van der Waals surface area contributed by atoms with E-state index in [0.29, 0.717) is 6.42 Å². The number of ether oxygens (including phenoxy) is 2. The van der Waals surface area contributed by atoms with E-state index in [9.17, 15) is 18.0 Å². The van der Waals surface area contributed by atoms with E-state index in [0.717, 1.165) is 19.3 Å². The summed E-state index contributed by atoms with van der Waals surface area (Å²) in [6, 6.07) is 0. The zero-order valence-electron chi connectivity index (χ0n) is 11.8. The molecule has 10 heteroatoms. The molecule has 0 spiro atoms. The van der Waals surface area contributed by atoms with Gasteiger partial charge in [0.2, 0.25) is 0 Å². The third-order valence-electron chi connectivity index (χ3n) is 2.52. The van der Waals surface area contributed by atoms with Gasteiger partial charge in [0.15, 0.2) is 5.25 Å². The molecule has 22 heavy (non-hydrogen) atoms. The van der Waals surface area contributed by atoms with Crippen LogP contribution in [-0.2, 0) is 29.2 Å². The van der Waals surface area contributed by atoms with Crippen molar-refractivity contribution >= 4 is 81.2 Å². The molecule has 0 aliphatic carbocycles. The Balaban J connectivity index is -0.00000180. The topological polar surface area (TPSA) is 107 Å². The first-order chi connectivity index (χ1) is 9.32. The predicted molar refractivity (Wildman–Crippen MR) is 86.0 cm³/mol. The standard InChI is InChI=1S/C12H22O7S.2Na.2H/c1-3-5-6-7-8-19-12(14)10(20(15,16)17)9-11(13)18-4-2;;;;/h10H,3-9H2,1-2H3,(H,15,16,17);;;;. The van der Waals surface area contributed by atoms with Gasteiger partial charge in [-0.3, -0.25) is 14.1 Å². The van der Waals surface area contributed by atoms with Crippen LogP contribution in [0.15, 0.2) is 0 Å². The fourth-order valence-corrected chi connectivity index (χ4v) is 2.13. The van der Waals surface area contributed by atoms with E-state index in [2.05, 4.69) is 4.74 Å². The van der Waals surface area contributed by atoms with Crippen molar-refractivity contribution < 1.29 is 32.0 Å². The van der Waals surface area contributed by atoms with Gasteiger partial charge in [-0.25, -0.2) is 0 Å². The van der Waals surface area contributed by atoms with Crippen LogP contribution in [0.5, 0.6) is 0 Å². The van der Waals surface area contributed by atoms with E-state index in [1.807, 2.05) is 6.92 Å². The molecule has 0 saturated carbocycles. The van der Waals surface area contributed by atoms with Crippen LogP contribution in [0.1, 0.15) is 46.0 Å². The van der Waals surface area contributed by atoms with Crippen LogP contribution in [0.25, 0.3) is 0 Å². The van der Waals surface area contributed by atoms with Crippen molar-refractivity contribution in [1.82, 2.24) is 0 Å². The van der Waals surface area contributed by atoms with Gasteiger partial charge in [0, 0.05) is 0 Å². The zero-order chi connectivity index (χ0) is 15.6. The van der Waals surface area contributed by atoms with Crippen LogP contribution in [0.2, 0.25) is 0 Å². The molecule has 0 aromatic rings. The van der Waals surface area contributed by atoms with Crippen LogP contribution in [0.4, 0.5) is 0 Å². The number of carbonyl (C=O) groups excluding carboxylic acids is 2. The predicted octanol–water partition coefficient (Wildman–Crippen LogP) is 0.0225. The summed E-state index contributed by atoms with van der Waals surface area (Å²) in [6.07, 6.45) is 2.72. The minimum atomic E-state index is -4.70. The van der Waals surface area contributed by atoms with Crippen LogP contribution in [0.3, 0.4) is 0 Å². The Morgan fingerprint density at radius 2 is 1.64 bits per heavy atom. The fourth-order valence-electron chi connectivity index (χ4n) is 1.48. The van der Waals surface area contributed by atoms with Gasteiger partial charge in [-0.05, 0) is 13.3 Å². The number of carbonyl (C=O) groups is 2. The Labute approximate surface area is 176 Å². The van der Waals surface area contributed by atoms with Crippen molar-refractivity contribution in [1.29, 1.82) is 0 Å². The molecule has 0 amide bonds. The molecule has 0 aromatic carbocycles. The quantitative estimate of drug-likeness (QED) is 0.254. The van der Waals surface area contributed by atoms with Crippen molar-refractivity contribution in [3.63, 3.8) is 0 Å². The van der Waals surface area contributed by atoms with E-state index in [4.69, 9.17) is 9.29 Å². The Morgan fingerprint density at radius 3 is 2.09 bits per heavy atom. The molecule has 0 aliphatic heterocycles. The van der Waals surface area contributed by atoms with Gasteiger partial charge < -0.3 is 9.47 Å². The molecule has 1 unspecified atom stereocenters. The summed E-state index contributed by atoms with van der Waals surface area (Å²) in [6.45, 7) is 3.70. The first-order valence-corrected chi connectivity index (χ1v) is 8.11. The van der Waals surface area contributed by atoms with Gasteiger partial charge in [0.05, 0.1) is 19.6 Å². The molecule has 7 nitrogen and oxygen atoms in total. The summed E-state index contributed by atoms with van der Waals surface area (Å²) in [7, 11) is -4.70. The molecule has 1 N–H and O–H groups in total. The van der Waals surface area contributed by atoms with Crippen LogP contribution in [-0.4, -0.2) is 102 Å². The zero-order valence-corrected chi connectivity index (χ0v) is 12.6. The first kappa shape index (κ1) is 27.7. The third kappa shape index (κ3) is 13.3. The van der Waals surface area contributed by atoms with E-state index < -0.39 is 33.7 Å². The van der Waals surface area contributed by atoms with E-state index in [-0.39, 0.29) is 72.3 Å². The molecule has 0 aromatic heterocycles. The molecule has 0 fully saturated rings. The van der Waals surface area contributed by atoms with Gasteiger partial charge in [-0.1, -0.05) is 26.2 Å². The summed E-state index contributed by atoms with van der Waals surface area (Å²) in [5.74, 6) is -2.00. The molecule has 0 rings (SSSR count). The molecule has 0 aliphatic rings. The fraction of sp³-hybridized carbons (Fsp3) is 0.833. The van der Waals surface area contributed by atoms with Gasteiger partial charge in [0.1, 0.15) is 0 Å². The maximum absolute atomic E-state index is 11.6. The Kier molecular flexibility index (Phi) is 19.4. The number of hydrogen-bond donors (Lipinski definition) is 1. The summed E-state index contributed by atoms with van der Waals surface area (Å²) >= 11 is 0. The van der Waals surface area contributed by atoms with Gasteiger partial charge in [-0.2, -0.15) is 8.42 Å².